The second-order valence-electron chi connectivity index (χ2n) is 5.39. The number of esters is 1. The molecule has 0 unspecified atom stereocenters. The van der Waals surface area contributed by atoms with Crippen molar-refractivity contribution in [3.63, 3.8) is 0 Å². The maximum Gasteiger partial charge on any atom is 0.306 e. The minimum Gasteiger partial charge on any atom is -0.466 e. The average molecular weight is 331 g/mol. The van der Waals surface area contributed by atoms with Gasteiger partial charge in [-0.15, -0.1) is 0 Å². The quantitative estimate of drug-likeness (QED) is 0.627. The summed E-state index contributed by atoms with van der Waals surface area (Å²) in [5, 5.41) is 3.56. The molecule has 0 aliphatic heterocycles. The first-order chi connectivity index (χ1) is 11.5. The first-order valence-electron chi connectivity index (χ1n) is 7.80. The normalized spacial score (nSPS) is 11.9. The van der Waals surface area contributed by atoms with Crippen LogP contribution in [0.5, 0.6) is 0 Å². The van der Waals surface area contributed by atoms with Crippen LogP contribution in [0.2, 0.25) is 0 Å². The van der Waals surface area contributed by atoms with Gasteiger partial charge in [-0.05, 0) is 18.6 Å². The smallest absolute Gasteiger partial charge is 0.306 e. The molecule has 1 aromatic heterocycles. The first-order valence-corrected chi connectivity index (χ1v) is 7.80. The zero-order chi connectivity index (χ0) is 17.5. The second-order valence-corrected chi connectivity index (χ2v) is 5.39. The molecule has 1 atom stereocenters. The van der Waals surface area contributed by atoms with Gasteiger partial charge in [0.15, 0.2) is 0 Å². The molecule has 0 aliphatic rings. The molecular weight excluding hydrogens is 310 g/mol. The fourth-order valence-corrected chi connectivity index (χ4v) is 2.46. The number of primary amides is 1. The molecule has 4 N–H and O–H groups in total. The molecule has 0 aliphatic carbocycles. The van der Waals surface area contributed by atoms with Crippen LogP contribution in [0.15, 0.2) is 30.5 Å². The highest BCUT2D eigenvalue weighted by atomic mass is 16.5. The van der Waals surface area contributed by atoms with Crippen LogP contribution < -0.4 is 11.1 Å². The Bertz CT molecular complexity index is 738. The lowest BCUT2D eigenvalue weighted by atomic mass is 10.0. The monoisotopic (exact) mass is 331 g/mol. The van der Waals surface area contributed by atoms with Gasteiger partial charge in [0.2, 0.25) is 11.8 Å². The van der Waals surface area contributed by atoms with E-state index in [-0.39, 0.29) is 25.9 Å². The Morgan fingerprint density at radius 2 is 2.00 bits per heavy atom. The number of carbonyl (C=O) groups is 3. The van der Waals surface area contributed by atoms with Gasteiger partial charge in [0, 0.05) is 29.9 Å². The van der Waals surface area contributed by atoms with Gasteiger partial charge in [-0.25, -0.2) is 0 Å². The molecule has 0 saturated heterocycles. The van der Waals surface area contributed by atoms with Crippen molar-refractivity contribution in [2.45, 2.75) is 32.2 Å². The molecular formula is C17H21N3O4. The van der Waals surface area contributed by atoms with Gasteiger partial charge < -0.3 is 20.8 Å². The molecule has 128 valence electrons. The molecule has 0 radical (unpaired) electrons. The average Bonchev–Trinajstić information content (AvgIpc) is 2.96. The molecule has 0 bridgehead atoms. The number of amides is 2. The third kappa shape index (κ3) is 4.58. The van der Waals surface area contributed by atoms with E-state index in [1.165, 1.54) is 0 Å². The van der Waals surface area contributed by atoms with Crippen molar-refractivity contribution < 1.29 is 19.1 Å². The van der Waals surface area contributed by atoms with Crippen LogP contribution in [-0.2, 0) is 25.5 Å². The number of nitrogens with one attached hydrogen (secondary N) is 2. The lowest BCUT2D eigenvalue weighted by molar-refractivity contribution is -0.144. The number of H-pyrrole nitrogens is 1. The maximum absolute atomic E-state index is 11.9. The molecule has 7 nitrogen and oxygen atoms in total. The van der Waals surface area contributed by atoms with E-state index in [4.69, 9.17) is 10.5 Å². The number of aromatic amines is 1. The number of aromatic nitrogens is 1. The summed E-state index contributed by atoms with van der Waals surface area (Å²) >= 11 is 0. The largest absolute Gasteiger partial charge is 0.466 e. The van der Waals surface area contributed by atoms with E-state index in [2.05, 4.69) is 10.3 Å². The summed E-state index contributed by atoms with van der Waals surface area (Å²) in [6.07, 6.45) is 2.00. The predicted octanol–water partition coefficient (Wildman–Crippen LogP) is 1.02. The van der Waals surface area contributed by atoms with Crippen molar-refractivity contribution in [3.05, 3.63) is 36.0 Å². The standard InChI is InChI=1S/C17H21N3O4/c1-2-24-16(22)8-7-15(21)20-14(17(18)23)9-11-10-19-13-6-4-3-5-12(11)13/h3-6,10,14,19H,2,7-9H2,1H3,(H2,18,23)(H,20,21)/t14-/m0/s1. The number of benzene rings is 1. The van der Waals surface area contributed by atoms with Crippen LogP contribution in [0.25, 0.3) is 10.9 Å². The van der Waals surface area contributed by atoms with Crippen molar-refractivity contribution in [1.29, 1.82) is 0 Å². The highest BCUT2D eigenvalue weighted by molar-refractivity contribution is 5.89. The molecule has 2 rings (SSSR count). The molecule has 7 heteroatoms. The lowest BCUT2D eigenvalue weighted by Crippen LogP contribution is -2.45. The highest BCUT2D eigenvalue weighted by Gasteiger charge is 2.20. The summed E-state index contributed by atoms with van der Waals surface area (Å²) in [5.41, 5.74) is 7.23. The number of carbonyl (C=O) groups excluding carboxylic acids is 3. The molecule has 1 heterocycles. The Hall–Kier alpha value is -2.83. The van der Waals surface area contributed by atoms with E-state index in [0.29, 0.717) is 0 Å². The van der Waals surface area contributed by atoms with Crippen LogP contribution in [-0.4, -0.2) is 35.4 Å². The summed E-state index contributed by atoms with van der Waals surface area (Å²) in [5.74, 6) is -1.48. The van der Waals surface area contributed by atoms with Crippen LogP contribution in [0.1, 0.15) is 25.3 Å². The molecule has 0 spiro atoms. The number of fused-ring (bicyclic) bond motifs is 1. The number of ether oxygens (including phenoxy) is 1. The highest BCUT2D eigenvalue weighted by Crippen LogP contribution is 2.19. The zero-order valence-corrected chi connectivity index (χ0v) is 13.5. The third-order valence-electron chi connectivity index (χ3n) is 3.64. The van der Waals surface area contributed by atoms with Crippen molar-refractivity contribution >= 4 is 28.7 Å². The maximum atomic E-state index is 11.9. The van der Waals surface area contributed by atoms with Gasteiger partial charge in [-0.3, -0.25) is 14.4 Å². The number of hydrogen-bond donors (Lipinski definition) is 3. The number of hydrogen-bond acceptors (Lipinski definition) is 4. The molecule has 24 heavy (non-hydrogen) atoms. The Kier molecular flexibility index (Phi) is 5.95. The third-order valence-corrected chi connectivity index (χ3v) is 3.64. The Labute approximate surface area is 139 Å². The molecule has 2 aromatic rings. The van der Waals surface area contributed by atoms with Gasteiger partial charge in [-0.2, -0.15) is 0 Å². The van der Waals surface area contributed by atoms with Gasteiger partial charge in [0.25, 0.3) is 0 Å². The Balaban J connectivity index is 1.98. The summed E-state index contributed by atoms with van der Waals surface area (Å²) in [4.78, 5) is 38.0. The molecule has 1 aromatic carbocycles. The van der Waals surface area contributed by atoms with Gasteiger partial charge in [-0.1, -0.05) is 18.2 Å². The fraction of sp³-hybridized carbons (Fsp3) is 0.353. The molecule has 2 amide bonds. The van der Waals surface area contributed by atoms with E-state index in [9.17, 15) is 14.4 Å². The van der Waals surface area contributed by atoms with Crippen molar-refractivity contribution in [1.82, 2.24) is 10.3 Å². The summed E-state index contributed by atoms with van der Waals surface area (Å²) in [7, 11) is 0. The first kappa shape index (κ1) is 17.5. The van der Waals surface area contributed by atoms with Crippen LogP contribution in [0.3, 0.4) is 0 Å². The minimum absolute atomic E-state index is 0.0295. The van der Waals surface area contributed by atoms with E-state index in [1.807, 2.05) is 24.3 Å². The predicted molar refractivity (Wildman–Crippen MR) is 89.0 cm³/mol. The van der Waals surface area contributed by atoms with Crippen LogP contribution in [0, 0.1) is 0 Å². The zero-order valence-electron chi connectivity index (χ0n) is 13.5. The van der Waals surface area contributed by atoms with E-state index >= 15 is 0 Å². The van der Waals surface area contributed by atoms with Gasteiger partial charge >= 0.3 is 5.97 Å². The second kappa shape index (κ2) is 8.14. The van der Waals surface area contributed by atoms with E-state index in [1.54, 1.807) is 13.1 Å². The van der Waals surface area contributed by atoms with Crippen LogP contribution in [0.4, 0.5) is 0 Å². The minimum atomic E-state index is -0.834. The number of rotatable bonds is 8. The molecule has 0 fully saturated rings. The summed E-state index contributed by atoms with van der Waals surface area (Å²) < 4.78 is 4.76. The summed E-state index contributed by atoms with van der Waals surface area (Å²) in [6.45, 7) is 1.97. The molecule has 0 saturated carbocycles. The fourth-order valence-electron chi connectivity index (χ4n) is 2.46. The van der Waals surface area contributed by atoms with E-state index < -0.39 is 23.8 Å². The number of para-hydroxylation sites is 1. The van der Waals surface area contributed by atoms with Crippen molar-refractivity contribution in [3.8, 4) is 0 Å². The SMILES string of the molecule is CCOC(=O)CCC(=O)N[C@@H](Cc1c[nH]c2ccccc12)C(N)=O. The van der Waals surface area contributed by atoms with Gasteiger partial charge in [0.1, 0.15) is 6.04 Å². The number of nitrogens with two attached hydrogens (primary N) is 1. The van der Waals surface area contributed by atoms with E-state index in [0.717, 1.165) is 16.5 Å². The van der Waals surface area contributed by atoms with Crippen molar-refractivity contribution in [2.24, 2.45) is 5.73 Å². The van der Waals surface area contributed by atoms with Gasteiger partial charge in [0.05, 0.1) is 13.0 Å². The topological polar surface area (TPSA) is 114 Å². The summed E-state index contributed by atoms with van der Waals surface area (Å²) in [6, 6.07) is 6.83. The Morgan fingerprint density at radius 3 is 2.71 bits per heavy atom. The Morgan fingerprint density at radius 1 is 1.25 bits per heavy atom. The lowest BCUT2D eigenvalue weighted by Gasteiger charge is -2.15. The van der Waals surface area contributed by atoms with Crippen LogP contribution >= 0.6 is 0 Å². The van der Waals surface area contributed by atoms with Crippen molar-refractivity contribution in [2.75, 3.05) is 6.61 Å².